The van der Waals surface area contributed by atoms with Crippen LogP contribution in [0.2, 0.25) is 0 Å². The summed E-state index contributed by atoms with van der Waals surface area (Å²) in [6, 6.07) is 32.9. The average Bonchev–Trinajstić information content (AvgIpc) is 1.80. The number of hydrogen-bond acceptors (Lipinski definition) is 38. The summed E-state index contributed by atoms with van der Waals surface area (Å²) in [6.07, 6.45) is 4.45. The maximum Gasteiger partial charge on any atom is 0.360 e. The number of ether oxygens (including phenoxy) is 24. The third kappa shape index (κ3) is 57.3. The fourth-order valence-corrected chi connectivity index (χ4v) is 15.7. The minimum Gasteiger partial charge on any atom is -0.466 e. The van der Waals surface area contributed by atoms with Crippen molar-refractivity contribution in [3.05, 3.63) is 162 Å². The lowest BCUT2D eigenvalue weighted by Gasteiger charge is -2.27. The Labute approximate surface area is 771 Å². The highest BCUT2D eigenvalue weighted by atomic mass is 31.2. The van der Waals surface area contributed by atoms with Crippen LogP contribution < -0.4 is 16.0 Å². The Morgan fingerprint density at radius 1 is 0.229 bits per heavy atom. The van der Waals surface area contributed by atoms with Gasteiger partial charge in [-0.15, -0.1) is 0 Å². The van der Waals surface area contributed by atoms with Gasteiger partial charge in [0.2, 0.25) is 0 Å². The van der Waals surface area contributed by atoms with Crippen LogP contribution in [0.1, 0.15) is 51.3 Å². The van der Waals surface area contributed by atoms with Gasteiger partial charge in [0.1, 0.15) is 17.3 Å². The van der Waals surface area contributed by atoms with E-state index in [1.165, 1.54) is 25.9 Å². The highest BCUT2D eigenvalue weighted by Gasteiger charge is 2.41. The lowest BCUT2D eigenvalue weighted by atomic mass is 10.2. The number of furan rings is 3. The molecular formula is C89H144N3O36P3. The highest BCUT2D eigenvalue weighted by Crippen LogP contribution is 2.62. The van der Waals surface area contributed by atoms with Crippen molar-refractivity contribution in [1.82, 2.24) is 0 Å². The van der Waals surface area contributed by atoms with Crippen molar-refractivity contribution in [2.24, 2.45) is 0 Å². The lowest BCUT2D eigenvalue weighted by Crippen LogP contribution is -2.18. The topological polar surface area (TPSA) is 415 Å². The van der Waals surface area contributed by atoms with E-state index < -0.39 is 40.1 Å². The van der Waals surface area contributed by atoms with Gasteiger partial charge >= 0.3 is 22.8 Å². The van der Waals surface area contributed by atoms with E-state index in [0.29, 0.717) is 294 Å². The van der Waals surface area contributed by atoms with E-state index in [0.717, 1.165) is 22.4 Å². The van der Waals surface area contributed by atoms with Crippen molar-refractivity contribution < 1.29 is 168 Å². The predicted molar refractivity (Wildman–Crippen MR) is 484 cm³/mol. The second-order valence-electron chi connectivity index (χ2n) is 28.1. The minimum absolute atomic E-state index is 0.0339. The standard InChI is InChI=1S/C89H144N3O36P3/c1-78-11-17-81(18-12-78)90-87(84-8-5-23-122-84)129(93,94)125-74-70-118-66-62-114-58-54-110-50-46-106-42-38-102-34-30-98-26-27-100-32-36-104-40-44-108-48-52-112-56-60-116-64-68-120-72-76-127-131(96,89(86-10-7-25-124-86)92-83-21-15-80(3)16-22-83)128-77-73-121-69-65-117-61-57-113-53-49-109-45-41-105-37-33-101-29-28-99-31-35-103-39-43-107-47-51-111-55-59-115-63-67-119-71-75-126-130(95,97-4)88(85-9-6-24-123-85)91-82-19-13-79(2)14-20-82/h5-25,87-92H,26-77H2,1-4H3,(H,93,94). The summed E-state index contributed by atoms with van der Waals surface area (Å²) in [5, 5.41) is 9.57. The molecule has 746 valence electrons. The molecule has 6 rings (SSSR count). The molecule has 0 bridgehead atoms. The summed E-state index contributed by atoms with van der Waals surface area (Å²) in [4.78, 5) is 10.8. The van der Waals surface area contributed by atoms with Crippen LogP contribution in [-0.4, -0.2) is 356 Å². The molecular weight excluding hydrogens is 1780 g/mol. The van der Waals surface area contributed by atoms with Crippen molar-refractivity contribution >= 4 is 39.8 Å². The normalized spacial score (nSPS) is 13.9. The summed E-state index contributed by atoms with van der Waals surface area (Å²) in [7, 11) is -10.5. The Bertz CT molecular complexity index is 3680. The van der Waals surface area contributed by atoms with Crippen LogP contribution in [0.3, 0.4) is 0 Å². The number of rotatable bonds is 95. The van der Waals surface area contributed by atoms with Crippen molar-refractivity contribution in [1.29, 1.82) is 0 Å². The van der Waals surface area contributed by atoms with Gasteiger partial charge in [0.15, 0.2) is 17.3 Å². The number of benzene rings is 3. The zero-order valence-electron chi connectivity index (χ0n) is 76.7. The summed E-state index contributed by atoms with van der Waals surface area (Å²) in [5.41, 5.74) is 5.33. The third-order valence-corrected chi connectivity index (χ3v) is 23.7. The molecule has 3 heterocycles. The smallest absolute Gasteiger partial charge is 0.360 e. The summed E-state index contributed by atoms with van der Waals surface area (Å²) in [6.45, 7) is 24.1. The van der Waals surface area contributed by atoms with E-state index in [2.05, 4.69) is 16.0 Å². The van der Waals surface area contributed by atoms with Crippen molar-refractivity contribution in [3.63, 3.8) is 0 Å². The zero-order valence-corrected chi connectivity index (χ0v) is 79.4. The molecule has 0 saturated carbocycles. The Morgan fingerprint density at radius 3 is 0.573 bits per heavy atom. The van der Waals surface area contributed by atoms with Gasteiger partial charge in [0.25, 0.3) is 0 Å². The third-order valence-electron chi connectivity index (χ3n) is 17.9. The molecule has 131 heavy (non-hydrogen) atoms. The molecule has 4 N–H and O–H groups in total. The lowest BCUT2D eigenvalue weighted by molar-refractivity contribution is -0.0289. The van der Waals surface area contributed by atoms with Crippen LogP contribution in [0.15, 0.2) is 141 Å². The van der Waals surface area contributed by atoms with Crippen LogP contribution in [-0.2, 0) is 150 Å². The monoisotopic (exact) mass is 1920 g/mol. The Hall–Kier alpha value is -5.61. The summed E-state index contributed by atoms with van der Waals surface area (Å²) in [5.74, 6) is -1.82. The fraction of sp³-hybridized carbons (Fsp3) is 0.663. The highest BCUT2D eigenvalue weighted by molar-refractivity contribution is 7.54. The van der Waals surface area contributed by atoms with Gasteiger partial charge in [-0.1, -0.05) is 53.1 Å². The number of anilines is 3. The second-order valence-corrected chi connectivity index (χ2v) is 34.4. The molecule has 42 heteroatoms. The van der Waals surface area contributed by atoms with Gasteiger partial charge in [-0.2, -0.15) is 0 Å². The first-order chi connectivity index (χ1) is 64.4. The molecule has 0 saturated heterocycles. The molecule has 0 spiro atoms. The first-order valence-corrected chi connectivity index (χ1v) is 49.4. The zero-order chi connectivity index (χ0) is 92.8. The number of nitrogens with one attached hydrogen (secondary N) is 3. The number of hydrogen-bond donors (Lipinski definition) is 4. The van der Waals surface area contributed by atoms with Crippen LogP contribution >= 0.6 is 22.8 Å². The van der Waals surface area contributed by atoms with Gasteiger partial charge in [-0.25, -0.2) is 0 Å². The first kappa shape index (κ1) is 114. The van der Waals surface area contributed by atoms with Gasteiger partial charge < -0.3 is 170 Å². The molecule has 0 aliphatic rings. The second kappa shape index (κ2) is 77.4. The maximum absolute atomic E-state index is 14.7. The Morgan fingerprint density at radius 2 is 0.389 bits per heavy atom. The van der Waals surface area contributed by atoms with E-state index in [1.54, 1.807) is 36.4 Å². The molecule has 0 fully saturated rings. The van der Waals surface area contributed by atoms with E-state index >= 15 is 0 Å². The fourth-order valence-electron chi connectivity index (χ4n) is 11.1. The van der Waals surface area contributed by atoms with Gasteiger partial charge in [0.05, 0.1) is 362 Å². The molecule has 6 atom stereocenters. The van der Waals surface area contributed by atoms with Crippen LogP contribution in [0.25, 0.3) is 0 Å². The quantitative estimate of drug-likeness (QED) is 0.0203. The van der Waals surface area contributed by atoms with Crippen LogP contribution in [0, 0.1) is 20.8 Å². The minimum atomic E-state index is -4.18. The maximum atomic E-state index is 14.7. The van der Waals surface area contributed by atoms with E-state index in [-0.39, 0.29) is 78.4 Å². The van der Waals surface area contributed by atoms with Gasteiger partial charge in [-0.3, -0.25) is 13.7 Å². The number of aryl methyl sites for hydroxylation is 3. The molecule has 3 aromatic carbocycles. The van der Waals surface area contributed by atoms with Crippen molar-refractivity contribution in [3.8, 4) is 0 Å². The van der Waals surface area contributed by atoms with Gasteiger partial charge in [0, 0.05) is 24.2 Å². The van der Waals surface area contributed by atoms with Crippen molar-refractivity contribution in [2.45, 2.75) is 38.1 Å². The van der Waals surface area contributed by atoms with Crippen molar-refractivity contribution in [2.75, 3.05) is 367 Å². The largest absolute Gasteiger partial charge is 0.466 e. The summed E-state index contributed by atoms with van der Waals surface area (Å²) >= 11 is 0. The SMILES string of the molecule is COP(=O)(OCCOCCOCCOCCOCCOCCOCCOCCOCCOCCOCCOCCOCCOP(=O)(OCCOCCOCCOCCOCCOCCOCCOCCOCCOCCOCCOCCOCCOP(=O)(O)C(Nc1ccc(C)cc1)c1ccco1)C(Nc1ccc(C)cc1)c1ccco1)C(Nc1ccc(C)cc1)c1ccco1. The molecule has 39 nitrogen and oxygen atoms in total. The van der Waals surface area contributed by atoms with E-state index in [4.69, 9.17) is 150 Å². The molecule has 0 radical (unpaired) electrons. The van der Waals surface area contributed by atoms with Gasteiger partial charge in [-0.05, 0) is 93.6 Å². The Balaban J connectivity index is 0.616. The first-order valence-electron chi connectivity index (χ1n) is 44.5. The molecule has 0 amide bonds. The molecule has 0 aliphatic carbocycles. The molecule has 6 aromatic rings. The molecule has 6 unspecified atom stereocenters. The predicted octanol–water partition coefficient (Wildman–Crippen LogP) is 11.8. The molecule has 3 aromatic heterocycles. The Kier molecular flexibility index (Phi) is 67.5. The summed E-state index contributed by atoms with van der Waals surface area (Å²) < 4.78 is 221. The molecule has 0 aliphatic heterocycles. The average molecular weight is 1930 g/mol. The van der Waals surface area contributed by atoms with Crippen LogP contribution in [0.5, 0.6) is 0 Å². The van der Waals surface area contributed by atoms with E-state index in [1.807, 2.05) is 93.6 Å². The van der Waals surface area contributed by atoms with E-state index in [9.17, 15) is 18.6 Å². The van der Waals surface area contributed by atoms with Crippen LogP contribution in [0.4, 0.5) is 17.1 Å².